The predicted octanol–water partition coefficient (Wildman–Crippen LogP) is 2.06. The highest BCUT2D eigenvalue weighted by atomic mass is 16.5. The number of carbonyl (C=O) groups excluding carboxylic acids is 4. The molecule has 8 nitrogen and oxygen atoms in total. The van der Waals surface area contributed by atoms with E-state index in [2.05, 4.69) is 18.9 Å². The number of primary amides is 2. The van der Waals surface area contributed by atoms with Gasteiger partial charge in [-0.3, -0.25) is 15.3 Å². The second-order valence-electron chi connectivity index (χ2n) is 6.47. The zero-order valence-corrected chi connectivity index (χ0v) is 17.9. The molecular weight excluding hydrogens is 364 g/mol. The van der Waals surface area contributed by atoms with Crippen molar-refractivity contribution in [3.63, 3.8) is 0 Å². The highest BCUT2D eigenvalue weighted by Crippen LogP contribution is 2.27. The van der Waals surface area contributed by atoms with Gasteiger partial charge in [-0.05, 0) is 33.6 Å². The van der Waals surface area contributed by atoms with Crippen LogP contribution in [0.2, 0.25) is 0 Å². The Hall–Kier alpha value is -2.73. The minimum atomic E-state index is -0.846. The zero-order valence-electron chi connectivity index (χ0n) is 17.9. The number of hydrogen-bond acceptors (Lipinski definition) is 6. The number of ether oxygens (including phenoxy) is 2. The van der Waals surface area contributed by atoms with Crippen molar-refractivity contribution in [3.8, 4) is 0 Å². The minimum absolute atomic E-state index is 0.295. The molecule has 0 aliphatic rings. The summed E-state index contributed by atoms with van der Waals surface area (Å²) in [5.74, 6) is -2.26. The molecule has 2 amide bonds. The van der Waals surface area contributed by atoms with Crippen LogP contribution in [0.25, 0.3) is 0 Å². The summed E-state index contributed by atoms with van der Waals surface area (Å²) in [4.78, 5) is 42.5. The second kappa shape index (κ2) is 16.4. The van der Waals surface area contributed by atoms with Gasteiger partial charge >= 0.3 is 17.8 Å². The molecule has 0 radical (unpaired) electrons. The first-order valence-electron chi connectivity index (χ1n) is 8.92. The molecule has 160 valence electrons. The van der Waals surface area contributed by atoms with Crippen LogP contribution >= 0.6 is 0 Å². The average Bonchev–Trinajstić information content (AvgIpc) is 2.63. The van der Waals surface area contributed by atoms with Crippen LogP contribution in [-0.2, 0) is 28.7 Å². The van der Waals surface area contributed by atoms with Gasteiger partial charge in [0.15, 0.2) is 0 Å². The summed E-state index contributed by atoms with van der Waals surface area (Å²) in [6.07, 6.45) is 2.44. The van der Waals surface area contributed by atoms with Gasteiger partial charge in [0.25, 0.3) is 0 Å². The standard InChI is InChI=1S/C10H19NO3.C7H12O2.C3H3NO/c1-5-6-14-9(13)10(3,4)7(2)8(11)12;1-4-5-9-7(8)6(2)3;1-2-3(4)5/h7H,5-6H2,1-4H3,(H2,11,12);2,4-5H2,1,3H3;1-2H,(H-,4,5)/p+1. The maximum Gasteiger partial charge on any atom is 0.392 e. The van der Waals surface area contributed by atoms with E-state index < -0.39 is 23.1 Å². The Morgan fingerprint density at radius 2 is 1.46 bits per heavy atom. The van der Waals surface area contributed by atoms with Gasteiger partial charge in [-0.1, -0.05) is 27.4 Å². The summed E-state index contributed by atoms with van der Waals surface area (Å²) in [7, 11) is 0. The molecule has 28 heavy (non-hydrogen) atoms. The number of hydrogen-bond donors (Lipinski definition) is 2. The zero-order chi connectivity index (χ0) is 22.9. The van der Waals surface area contributed by atoms with E-state index in [0.717, 1.165) is 18.9 Å². The predicted molar refractivity (Wildman–Crippen MR) is 108 cm³/mol. The number of amides is 2. The van der Waals surface area contributed by atoms with E-state index in [1.807, 2.05) is 13.8 Å². The van der Waals surface area contributed by atoms with Crippen LogP contribution in [0.4, 0.5) is 0 Å². The van der Waals surface area contributed by atoms with Crippen LogP contribution in [0.1, 0.15) is 54.4 Å². The van der Waals surface area contributed by atoms with Crippen molar-refractivity contribution in [1.82, 2.24) is 0 Å². The van der Waals surface area contributed by atoms with Crippen molar-refractivity contribution >= 4 is 23.8 Å². The van der Waals surface area contributed by atoms with E-state index in [-0.39, 0.29) is 11.9 Å². The van der Waals surface area contributed by atoms with Gasteiger partial charge < -0.3 is 15.2 Å². The molecule has 0 aromatic carbocycles. The number of carbonyl (C=O) groups is 4. The fourth-order valence-corrected chi connectivity index (χ4v) is 1.23. The third kappa shape index (κ3) is 15.5. The van der Waals surface area contributed by atoms with Gasteiger partial charge in [0.2, 0.25) is 12.0 Å². The van der Waals surface area contributed by atoms with Crippen LogP contribution < -0.4 is 11.5 Å². The van der Waals surface area contributed by atoms with Gasteiger partial charge in [0.05, 0.1) is 31.1 Å². The lowest BCUT2D eigenvalue weighted by Crippen LogP contribution is -2.40. The monoisotopic (exact) mass is 399 g/mol. The summed E-state index contributed by atoms with van der Waals surface area (Å²) in [5.41, 5.74) is 9.23. The van der Waals surface area contributed by atoms with Gasteiger partial charge in [-0.2, -0.15) is 0 Å². The molecule has 0 bridgehead atoms. The summed E-state index contributed by atoms with van der Waals surface area (Å²) >= 11 is 0. The fourth-order valence-electron chi connectivity index (χ4n) is 1.23. The van der Waals surface area contributed by atoms with E-state index >= 15 is 0 Å². The Kier molecular flexibility index (Phi) is 17.6. The van der Waals surface area contributed by atoms with Gasteiger partial charge in [-0.15, -0.1) is 4.79 Å². The molecule has 1 unspecified atom stereocenters. The molecule has 4 N–H and O–H groups in total. The molecule has 1 atom stereocenters. The maximum absolute atomic E-state index is 11.5. The molecule has 0 saturated carbocycles. The topological polar surface area (TPSA) is 139 Å². The van der Waals surface area contributed by atoms with Crippen LogP contribution in [-0.4, -0.2) is 37.0 Å². The quantitative estimate of drug-likeness (QED) is 0.346. The second-order valence-corrected chi connectivity index (χ2v) is 6.47. The number of esters is 2. The lowest BCUT2D eigenvalue weighted by molar-refractivity contribution is -0.159. The molecule has 0 saturated heterocycles. The first-order valence-corrected chi connectivity index (χ1v) is 8.92. The third-order valence-corrected chi connectivity index (χ3v) is 3.42. The SMILES string of the molecule is C=C(C)C(=O)OCCC.CCCOC(=O)C(C)(C)C(C)C(N)=O.[CH+]=CC(N)=O. The smallest absolute Gasteiger partial charge is 0.392 e. The van der Waals surface area contributed by atoms with E-state index in [9.17, 15) is 19.2 Å². The molecule has 0 aliphatic carbocycles. The van der Waals surface area contributed by atoms with Gasteiger partial charge in [0.1, 0.15) is 0 Å². The van der Waals surface area contributed by atoms with Crippen molar-refractivity contribution < 1.29 is 28.7 Å². The van der Waals surface area contributed by atoms with Crippen molar-refractivity contribution in [2.24, 2.45) is 22.8 Å². The summed E-state index contributed by atoms with van der Waals surface area (Å²) in [6, 6.07) is 0. The Bertz CT molecular complexity index is 541. The molecule has 0 rings (SSSR count). The fraction of sp³-hybridized carbons (Fsp3) is 0.600. The van der Waals surface area contributed by atoms with E-state index in [1.165, 1.54) is 0 Å². The summed E-state index contributed by atoms with van der Waals surface area (Å²) < 4.78 is 9.69. The highest BCUT2D eigenvalue weighted by Gasteiger charge is 2.38. The lowest BCUT2D eigenvalue weighted by Gasteiger charge is -2.26. The Labute approximate surface area is 168 Å². The number of rotatable bonds is 9. The summed E-state index contributed by atoms with van der Waals surface area (Å²) in [5, 5.41) is 0. The largest absolute Gasteiger partial charge is 0.465 e. The van der Waals surface area contributed by atoms with Crippen LogP contribution in [0, 0.1) is 17.9 Å². The first kappa shape index (κ1) is 30.0. The lowest BCUT2D eigenvalue weighted by atomic mass is 9.79. The molecule has 8 heteroatoms. The van der Waals surface area contributed by atoms with Crippen molar-refractivity contribution in [1.29, 1.82) is 0 Å². The van der Waals surface area contributed by atoms with E-state index in [0.29, 0.717) is 18.8 Å². The molecule has 0 heterocycles. The van der Waals surface area contributed by atoms with E-state index in [4.69, 9.17) is 15.2 Å². The van der Waals surface area contributed by atoms with Crippen molar-refractivity contribution in [2.75, 3.05) is 13.2 Å². The molecule has 0 aromatic heterocycles. The summed E-state index contributed by atoms with van der Waals surface area (Å²) in [6.45, 7) is 19.3. The highest BCUT2D eigenvalue weighted by molar-refractivity contribution is 5.87. The molecule has 0 aliphatic heterocycles. The van der Waals surface area contributed by atoms with E-state index in [1.54, 1.807) is 27.7 Å². The van der Waals surface area contributed by atoms with Gasteiger partial charge in [0, 0.05) is 5.57 Å². The minimum Gasteiger partial charge on any atom is -0.465 e. The molecule has 0 spiro atoms. The Morgan fingerprint density at radius 3 is 1.75 bits per heavy atom. The Balaban J connectivity index is -0.000000381. The Morgan fingerprint density at radius 1 is 1.07 bits per heavy atom. The third-order valence-electron chi connectivity index (χ3n) is 3.42. The van der Waals surface area contributed by atoms with Crippen LogP contribution in [0.5, 0.6) is 0 Å². The first-order chi connectivity index (χ1) is 12.8. The normalized spacial score (nSPS) is 10.6. The average molecular weight is 400 g/mol. The molecule has 0 fully saturated rings. The van der Waals surface area contributed by atoms with Crippen LogP contribution in [0.15, 0.2) is 18.2 Å². The molecule has 0 aromatic rings. The van der Waals surface area contributed by atoms with Gasteiger partial charge in [-0.25, -0.2) is 4.79 Å². The van der Waals surface area contributed by atoms with Crippen LogP contribution in [0.3, 0.4) is 0 Å². The van der Waals surface area contributed by atoms with Crippen molar-refractivity contribution in [2.45, 2.75) is 54.4 Å². The number of nitrogens with two attached hydrogens (primary N) is 2. The maximum atomic E-state index is 11.5. The molecular formula is C20H35N2O6+. The van der Waals surface area contributed by atoms with Crippen molar-refractivity contribution in [3.05, 3.63) is 24.8 Å².